The first-order valence-corrected chi connectivity index (χ1v) is 18.2. The van der Waals surface area contributed by atoms with Crippen LogP contribution in [0.5, 0.6) is 0 Å². The van der Waals surface area contributed by atoms with E-state index in [0.717, 1.165) is 0 Å². The monoisotopic (exact) mass is 643 g/mol. The highest BCUT2D eigenvalue weighted by atomic mass is 32.1. The maximum atomic E-state index is 3.71. The van der Waals surface area contributed by atoms with Crippen LogP contribution in [-0.2, 0) is 10.8 Å². The average Bonchev–Trinajstić information content (AvgIpc) is 3.74. The van der Waals surface area contributed by atoms with Crippen LogP contribution in [0.3, 0.4) is 0 Å². The van der Waals surface area contributed by atoms with Crippen molar-refractivity contribution in [1.29, 1.82) is 0 Å². The van der Waals surface area contributed by atoms with E-state index in [1.165, 1.54) is 95.5 Å². The van der Waals surface area contributed by atoms with Crippen molar-refractivity contribution in [1.82, 2.24) is 4.98 Å². The summed E-state index contributed by atoms with van der Waals surface area (Å²) in [6, 6.07) is 41.1. The number of nitrogens with one attached hydrogen (secondary N) is 1. The lowest BCUT2D eigenvalue weighted by Crippen LogP contribution is -2.10. The Labute approximate surface area is 283 Å². The second kappa shape index (κ2) is 10.0. The van der Waals surface area contributed by atoms with Gasteiger partial charge in [0.05, 0.1) is 0 Å². The number of benzene rings is 6. The topological polar surface area (TPSA) is 15.8 Å². The molecule has 230 valence electrons. The summed E-state index contributed by atoms with van der Waals surface area (Å²) < 4.78 is 5.55. The van der Waals surface area contributed by atoms with Crippen molar-refractivity contribution < 1.29 is 0 Å². The van der Waals surface area contributed by atoms with E-state index in [0.29, 0.717) is 0 Å². The van der Waals surface area contributed by atoms with Crippen molar-refractivity contribution in [2.45, 2.75) is 52.4 Å². The first-order valence-electron chi connectivity index (χ1n) is 16.5. The van der Waals surface area contributed by atoms with E-state index in [9.17, 15) is 0 Å². The lowest BCUT2D eigenvalue weighted by molar-refractivity contribution is 0.596. The molecule has 0 radical (unpaired) electrons. The summed E-state index contributed by atoms with van der Waals surface area (Å²) in [5, 5.41) is 7.96. The maximum Gasteiger partial charge on any atom is 0.0465 e. The molecule has 0 saturated carbocycles. The molecular weight excluding hydrogens is 607 g/mol. The van der Waals surface area contributed by atoms with Crippen LogP contribution in [0.15, 0.2) is 109 Å². The summed E-state index contributed by atoms with van der Waals surface area (Å²) in [5.74, 6) is 0. The Bertz CT molecular complexity index is 2510. The van der Waals surface area contributed by atoms with Gasteiger partial charge in [-0.25, -0.2) is 0 Å². The third-order valence-electron chi connectivity index (χ3n) is 9.89. The average molecular weight is 644 g/mol. The largest absolute Gasteiger partial charge is 0.355 e. The number of aromatic nitrogens is 1. The minimum absolute atomic E-state index is 0.0935. The highest BCUT2D eigenvalue weighted by molar-refractivity contribution is 7.27. The fourth-order valence-electron chi connectivity index (χ4n) is 7.51. The Kier molecular flexibility index (Phi) is 6.14. The number of fused-ring (bicyclic) bond motifs is 9. The predicted molar refractivity (Wildman–Crippen MR) is 210 cm³/mol. The normalized spacial score (nSPS) is 12.9. The number of aromatic amines is 1. The molecular formula is C44H37NS2. The van der Waals surface area contributed by atoms with Crippen molar-refractivity contribution in [2.75, 3.05) is 0 Å². The van der Waals surface area contributed by atoms with Crippen molar-refractivity contribution in [3.8, 4) is 22.3 Å². The SMILES string of the molecule is CC(C)(C)c1cccc2c1sc1c(-c3ccc4[nH]c5ccc(-c6cccc7c6sc6c(C(C)(C)C)cccc67)cc5c4c3)cccc12. The summed E-state index contributed by atoms with van der Waals surface area (Å²) >= 11 is 3.89. The van der Waals surface area contributed by atoms with Gasteiger partial charge in [-0.05, 0) is 68.5 Å². The minimum Gasteiger partial charge on any atom is -0.355 e. The number of thiophene rings is 2. The predicted octanol–water partition coefficient (Wildman–Crippen LogP) is 14.0. The molecule has 3 aromatic heterocycles. The number of hydrogen-bond acceptors (Lipinski definition) is 2. The van der Waals surface area contributed by atoms with Gasteiger partial charge in [0.2, 0.25) is 0 Å². The molecule has 47 heavy (non-hydrogen) atoms. The summed E-state index contributed by atoms with van der Waals surface area (Å²) in [6.45, 7) is 13.9. The molecule has 6 aromatic carbocycles. The third kappa shape index (κ3) is 4.40. The number of H-pyrrole nitrogens is 1. The highest BCUT2D eigenvalue weighted by Crippen LogP contribution is 2.46. The first kappa shape index (κ1) is 28.8. The maximum absolute atomic E-state index is 3.71. The van der Waals surface area contributed by atoms with Gasteiger partial charge in [-0.1, -0.05) is 126 Å². The summed E-state index contributed by atoms with van der Waals surface area (Å²) in [6.07, 6.45) is 0. The van der Waals surface area contributed by atoms with Crippen molar-refractivity contribution in [3.63, 3.8) is 0 Å². The van der Waals surface area contributed by atoms with E-state index >= 15 is 0 Å². The van der Waals surface area contributed by atoms with E-state index in [1.807, 2.05) is 22.7 Å². The Balaban J connectivity index is 1.23. The van der Waals surface area contributed by atoms with Crippen LogP contribution in [0.2, 0.25) is 0 Å². The van der Waals surface area contributed by atoms with Gasteiger partial charge in [0.25, 0.3) is 0 Å². The Morgan fingerprint density at radius 3 is 1.19 bits per heavy atom. The molecule has 0 amide bonds. The van der Waals surface area contributed by atoms with E-state index in [1.54, 1.807) is 0 Å². The van der Waals surface area contributed by atoms with Crippen LogP contribution < -0.4 is 0 Å². The summed E-state index contributed by atoms with van der Waals surface area (Å²) in [4.78, 5) is 3.71. The van der Waals surface area contributed by atoms with Crippen LogP contribution >= 0.6 is 22.7 Å². The Morgan fingerprint density at radius 2 is 0.787 bits per heavy atom. The van der Waals surface area contributed by atoms with E-state index in [2.05, 4.69) is 156 Å². The standard InChI is InChI=1S/C44H37NS2/c1-43(2,3)35-17-9-15-31-29-13-7-11-27(39(29)46-41(31)35)25-19-21-37-33(23-25)34-24-26(20-22-38(34)45-37)28-12-8-14-30-32-16-10-18-36(44(4,5)6)42(32)47-40(28)30/h7-24,45H,1-6H3. The van der Waals surface area contributed by atoms with Gasteiger partial charge >= 0.3 is 0 Å². The van der Waals surface area contributed by atoms with Gasteiger partial charge < -0.3 is 4.98 Å². The molecule has 0 spiro atoms. The van der Waals surface area contributed by atoms with Gasteiger partial charge in [-0.2, -0.15) is 0 Å². The van der Waals surface area contributed by atoms with Crippen molar-refractivity contribution in [2.24, 2.45) is 0 Å². The summed E-state index contributed by atoms with van der Waals surface area (Å²) in [5.41, 5.74) is 10.5. The van der Waals surface area contributed by atoms with Gasteiger partial charge in [-0.3, -0.25) is 0 Å². The number of hydrogen-bond donors (Lipinski definition) is 1. The zero-order valence-corrected chi connectivity index (χ0v) is 29.3. The van der Waals surface area contributed by atoms with Crippen LogP contribution in [0.1, 0.15) is 52.7 Å². The smallest absolute Gasteiger partial charge is 0.0465 e. The Morgan fingerprint density at radius 1 is 0.404 bits per heavy atom. The molecule has 0 unspecified atom stereocenters. The fraction of sp³-hybridized carbons (Fsp3) is 0.182. The molecule has 0 saturated heterocycles. The fourth-order valence-corrected chi connectivity index (χ4v) is 10.6. The van der Waals surface area contributed by atoms with E-state index < -0.39 is 0 Å². The molecule has 0 aliphatic heterocycles. The van der Waals surface area contributed by atoms with Crippen LogP contribution in [0, 0.1) is 0 Å². The quantitative estimate of drug-likeness (QED) is 0.193. The van der Waals surface area contributed by atoms with Gasteiger partial charge in [0.15, 0.2) is 0 Å². The van der Waals surface area contributed by atoms with E-state index in [4.69, 9.17) is 0 Å². The minimum atomic E-state index is 0.0935. The van der Waals surface area contributed by atoms with Gasteiger partial charge in [-0.15, -0.1) is 22.7 Å². The first-order chi connectivity index (χ1) is 22.6. The zero-order valence-electron chi connectivity index (χ0n) is 27.7. The van der Waals surface area contributed by atoms with E-state index in [-0.39, 0.29) is 10.8 Å². The lowest BCUT2D eigenvalue weighted by Gasteiger charge is -2.19. The van der Waals surface area contributed by atoms with Gasteiger partial charge in [0, 0.05) is 62.2 Å². The number of rotatable bonds is 2. The molecule has 3 heteroatoms. The molecule has 0 bridgehead atoms. The molecule has 9 rings (SSSR count). The molecule has 0 aliphatic rings. The zero-order chi connectivity index (χ0) is 32.2. The molecule has 1 nitrogen and oxygen atoms in total. The molecule has 0 atom stereocenters. The molecule has 9 aromatic rings. The van der Waals surface area contributed by atoms with Crippen molar-refractivity contribution >= 4 is 84.8 Å². The van der Waals surface area contributed by atoms with Gasteiger partial charge in [0.1, 0.15) is 0 Å². The summed E-state index contributed by atoms with van der Waals surface area (Å²) in [7, 11) is 0. The highest BCUT2D eigenvalue weighted by Gasteiger charge is 2.22. The molecule has 1 N–H and O–H groups in total. The van der Waals surface area contributed by atoms with Crippen LogP contribution in [0.4, 0.5) is 0 Å². The van der Waals surface area contributed by atoms with Crippen LogP contribution in [-0.4, -0.2) is 4.98 Å². The molecule has 3 heterocycles. The second-order valence-electron chi connectivity index (χ2n) is 15.1. The molecule has 0 aliphatic carbocycles. The molecule has 0 fully saturated rings. The van der Waals surface area contributed by atoms with Crippen molar-refractivity contribution in [3.05, 3.63) is 120 Å². The third-order valence-corrected chi connectivity index (χ3v) is 12.5. The lowest BCUT2D eigenvalue weighted by atomic mass is 9.86. The van der Waals surface area contributed by atoms with Crippen LogP contribution in [0.25, 0.3) is 84.4 Å². The Hall–Kier alpha value is -4.44. The second-order valence-corrected chi connectivity index (χ2v) is 17.1.